The van der Waals surface area contributed by atoms with Crippen molar-refractivity contribution in [2.45, 2.75) is 26.4 Å². The van der Waals surface area contributed by atoms with Crippen molar-refractivity contribution in [1.29, 1.82) is 0 Å². The van der Waals surface area contributed by atoms with Crippen molar-refractivity contribution in [3.8, 4) is 23.1 Å². The molecule has 7 nitrogen and oxygen atoms in total. The topological polar surface area (TPSA) is 70.8 Å². The number of para-hydroxylation sites is 1. The highest BCUT2D eigenvalue weighted by atomic mass is 16.5. The van der Waals surface area contributed by atoms with E-state index in [-0.39, 0.29) is 12.5 Å². The summed E-state index contributed by atoms with van der Waals surface area (Å²) in [5.41, 5.74) is 5.89. The molecule has 39 heavy (non-hydrogen) atoms. The van der Waals surface area contributed by atoms with Gasteiger partial charge in [-0.3, -0.25) is 0 Å². The van der Waals surface area contributed by atoms with Gasteiger partial charge in [0, 0.05) is 11.5 Å². The van der Waals surface area contributed by atoms with Crippen LogP contribution >= 0.6 is 0 Å². The average Bonchev–Trinajstić information content (AvgIpc) is 3.39. The smallest absolute Gasteiger partial charge is 0.228 e. The van der Waals surface area contributed by atoms with Gasteiger partial charge < -0.3 is 14.2 Å². The second-order valence-electron chi connectivity index (χ2n) is 9.78. The van der Waals surface area contributed by atoms with Crippen LogP contribution in [-0.2, 0) is 6.61 Å². The second-order valence-corrected chi connectivity index (χ2v) is 9.78. The first-order valence-electron chi connectivity index (χ1n) is 12.9. The molecule has 1 atom stereocenters. The Balaban J connectivity index is 1.39. The summed E-state index contributed by atoms with van der Waals surface area (Å²) in [5.74, 6) is 3.38. The third kappa shape index (κ3) is 3.85. The summed E-state index contributed by atoms with van der Waals surface area (Å²) >= 11 is 0. The first-order chi connectivity index (χ1) is 19.1. The van der Waals surface area contributed by atoms with Crippen molar-refractivity contribution in [3.63, 3.8) is 0 Å². The molecule has 0 fully saturated rings. The highest BCUT2D eigenvalue weighted by Gasteiger charge is 2.34. The van der Waals surface area contributed by atoms with Crippen molar-refractivity contribution in [1.82, 2.24) is 19.6 Å². The molecule has 7 rings (SSSR count). The third-order valence-electron chi connectivity index (χ3n) is 7.35. The summed E-state index contributed by atoms with van der Waals surface area (Å²) in [7, 11) is 1.67. The molecule has 0 saturated carbocycles. The normalized spacial score (nSPS) is 14.1. The standard InChI is InChI=1S/C32H26N4O3/c1-19-7-6-8-20(2)30(19)38-17-26-34-31-29-27(22-11-14-23(37-3)15-12-22)28-24-10-5-4-9-21(24)13-16-25(28)39-32(29)33-18-36(31)35-26/h4-16,18,27H,17H2,1-3H3. The minimum Gasteiger partial charge on any atom is -0.497 e. The molecule has 0 saturated heterocycles. The quantitative estimate of drug-likeness (QED) is 0.253. The van der Waals surface area contributed by atoms with Crippen LogP contribution in [0.1, 0.15) is 39.6 Å². The van der Waals surface area contributed by atoms with Gasteiger partial charge in [-0.05, 0) is 59.5 Å². The fraction of sp³-hybridized carbons (Fsp3) is 0.156. The lowest BCUT2D eigenvalue weighted by Gasteiger charge is -2.29. The monoisotopic (exact) mass is 514 g/mol. The summed E-state index contributed by atoms with van der Waals surface area (Å²) in [5, 5.41) is 6.98. The minimum atomic E-state index is -0.173. The molecule has 0 amide bonds. The molecule has 1 aliphatic rings. The second kappa shape index (κ2) is 9.13. The van der Waals surface area contributed by atoms with Crippen LogP contribution in [0.25, 0.3) is 16.4 Å². The molecule has 1 unspecified atom stereocenters. The van der Waals surface area contributed by atoms with E-state index >= 15 is 0 Å². The highest BCUT2D eigenvalue weighted by molar-refractivity contribution is 5.90. The van der Waals surface area contributed by atoms with Crippen molar-refractivity contribution >= 4 is 16.4 Å². The molecule has 2 aromatic heterocycles. The van der Waals surface area contributed by atoms with E-state index < -0.39 is 0 Å². The van der Waals surface area contributed by atoms with Crippen LogP contribution in [0.2, 0.25) is 0 Å². The Labute approximate surface area is 225 Å². The summed E-state index contributed by atoms with van der Waals surface area (Å²) in [6, 6.07) is 26.7. The number of benzene rings is 4. The molecular weight excluding hydrogens is 488 g/mol. The first-order valence-corrected chi connectivity index (χ1v) is 12.9. The fourth-order valence-corrected chi connectivity index (χ4v) is 5.50. The van der Waals surface area contributed by atoms with Gasteiger partial charge in [0.1, 0.15) is 30.2 Å². The summed E-state index contributed by atoms with van der Waals surface area (Å²) in [6.45, 7) is 4.33. The van der Waals surface area contributed by atoms with Crippen molar-refractivity contribution in [3.05, 3.63) is 119 Å². The lowest BCUT2D eigenvalue weighted by molar-refractivity contribution is 0.292. The van der Waals surface area contributed by atoms with Gasteiger partial charge in [0.2, 0.25) is 5.88 Å². The van der Waals surface area contributed by atoms with Crippen LogP contribution < -0.4 is 14.2 Å². The number of fused-ring (bicyclic) bond motifs is 6. The molecule has 3 heterocycles. The van der Waals surface area contributed by atoms with Crippen molar-refractivity contribution in [2.75, 3.05) is 7.11 Å². The number of aromatic nitrogens is 4. The third-order valence-corrected chi connectivity index (χ3v) is 7.35. The van der Waals surface area contributed by atoms with Gasteiger partial charge in [-0.1, -0.05) is 60.7 Å². The van der Waals surface area contributed by atoms with Gasteiger partial charge in [0.05, 0.1) is 12.7 Å². The summed E-state index contributed by atoms with van der Waals surface area (Å²) in [4.78, 5) is 9.61. The number of nitrogens with zero attached hydrogens (tertiary/aromatic N) is 4. The molecule has 4 aromatic carbocycles. The molecule has 7 heteroatoms. The average molecular weight is 515 g/mol. The van der Waals surface area contributed by atoms with E-state index in [9.17, 15) is 0 Å². The predicted molar refractivity (Wildman–Crippen MR) is 149 cm³/mol. The SMILES string of the molecule is COc1ccc(C2c3c(ccc4ccccc34)Oc3ncn4nc(COc5c(C)cccc5C)nc4c32)cc1. The van der Waals surface area contributed by atoms with Gasteiger partial charge in [-0.25, -0.2) is 14.5 Å². The Kier molecular flexibility index (Phi) is 5.44. The number of hydrogen-bond acceptors (Lipinski definition) is 6. The van der Waals surface area contributed by atoms with Gasteiger partial charge in [0.15, 0.2) is 11.5 Å². The van der Waals surface area contributed by atoms with Crippen molar-refractivity contribution in [2.24, 2.45) is 0 Å². The van der Waals surface area contributed by atoms with Crippen molar-refractivity contribution < 1.29 is 14.2 Å². The molecule has 6 aromatic rings. The van der Waals surface area contributed by atoms with Crippen LogP contribution in [0.5, 0.6) is 23.1 Å². The Morgan fingerprint density at radius 2 is 1.67 bits per heavy atom. The fourth-order valence-electron chi connectivity index (χ4n) is 5.50. The van der Waals surface area contributed by atoms with Gasteiger partial charge >= 0.3 is 0 Å². The largest absolute Gasteiger partial charge is 0.497 e. The van der Waals surface area contributed by atoms with E-state index in [2.05, 4.69) is 47.4 Å². The zero-order chi connectivity index (χ0) is 26.5. The molecule has 192 valence electrons. The molecular formula is C32H26N4O3. The lowest BCUT2D eigenvalue weighted by atomic mass is 9.81. The Bertz CT molecular complexity index is 1840. The number of methoxy groups -OCH3 is 1. The van der Waals surface area contributed by atoms with Crippen LogP contribution in [0.3, 0.4) is 0 Å². The van der Waals surface area contributed by atoms with Crippen LogP contribution in [-0.4, -0.2) is 26.7 Å². The zero-order valence-electron chi connectivity index (χ0n) is 21.9. The molecule has 1 aliphatic heterocycles. The van der Waals surface area contributed by atoms with E-state index in [0.717, 1.165) is 55.8 Å². The minimum absolute atomic E-state index is 0.173. The van der Waals surface area contributed by atoms with E-state index in [0.29, 0.717) is 17.4 Å². The summed E-state index contributed by atoms with van der Waals surface area (Å²) in [6.07, 6.45) is 1.65. The molecule has 0 bridgehead atoms. The first kappa shape index (κ1) is 23.2. The van der Waals surface area contributed by atoms with Crippen LogP contribution in [0, 0.1) is 13.8 Å². The van der Waals surface area contributed by atoms with Crippen LogP contribution in [0.15, 0.2) is 85.2 Å². The molecule has 0 spiro atoms. The number of rotatable bonds is 5. The zero-order valence-corrected chi connectivity index (χ0v) is 21.9. The Hall–Kier alpha value is -4.91. The van der Waals surface area contributed by atoms with Gasteiger partial charge in [0.25, 0.3) is 0 Å². The van der Waals surface area contributed by atoms with E-state index in [4.69, 9.17) is 24.3 Å². The van der Waals surface area contributed by atoms with E-state index in [1.807, 2.05) is 50.2 Å². The predicted octanol–water partition coefficient (Wildman–Crippen LogP) is 6.77. The highest BCUT2D eigenvalue weighted by Crippen LogP contribution is 2.50. The van der Waals surface area contributed by atoms with Crippen LogP contribution in [0.4, 0.5) is 0 Å². The van der Waals surface area contributed by atoms with E-state index in [1.165, 1.54) is 0 Å². The summed E-state index contributed by atoms with van der Waals surface area (Å²) < 4.78 is 19.7. The van der Waals surface area contributed by atoms with Gasteiger partial charge in [-0.15, -0.1) is 5.10 Å². The molecule has 0 aliphatic carbocycles. The maximum atomic E-state index is 6.41. The van der Waals surface area contributed by atoms with Gasteiger partial charge in [-0.2, -0.15) is 0 Å². The maximum Gasteiger partial charge on any atom is 0.228 e. The maximum absolute atomic E-state index is 6.41. The molecule has 0 N–H and O–H groups in total. The Morgan fingerprint density at radius 1 is 0.872 bits per heavy atom. The Morgan fingerprint density at radius 3 is 2.46 bits per heavy atom. The number of aryl methyl sites for hydroxylation is 2. The molecule has 0 radical (unpaired) electrons. The number of hydrogen-bond donors (Lipinski definition) is 0. The lowest BCUT2D eigenvalue weighted by Crippen LogP contribution is -2.15. The number of ether oxygens (including phenoxy) is 3. The van der Waals surface area contributed by atoms with E-state index in [1.54, 1.807) is 18.0 Å².